The van der Waals surface area contributed by atoms with Crippen molar-refractivity contribution in [3.63, 3.8) is 0 Å². The quantitative estimate of drug-likeness (QED) is 0.117. The van der Waals surface area contributed by atoms with Crippen LogP contribution >= 0.6 is 0 Å². The van der Waals surface area contributed by atoms with Crippen molar-refractivity contribution < 1.29 is 9.53 Å². The topological polar surface area (TPSA) is 26.3 Å². The molecule has 196 valence electrons. The van der Waals surface area contributed by atoms with Crippen molar-refractivity contribution in [3.05, 3.63) is 35.9 Å². The molecule has 2 nitrogen and oxygen atoms in total. The lowest BCUT2D eigenvalue weighted by atomic mass is 9.94. The zero-order valence-corrected chi connectivity index (χ0v) is 23.0. The Morgan fingerprint density at radius 2 is 1.09 bits per heavy atom. The maximum Gasteiger partial charge on any atom is 0.313 e. The Labute approximate surface area is 212 Å². The summed E-state index contributed by atoms with van der Waals surface area (Å²) >= 11 is 0. The highest BCUT2D eigenvalue weighted by molar-refractivity contribution is 5.78. The van der Waals surface area contributed by atoms with E-state index in [-0.39, 0.29) is 11.9 Å². The summed E-state index contributed by atoms with van der Waals surface area (Å²) in [7, 11) is 0. The second kappa shape index (κ2) is 22.2. The molecule has 0 amide bonds. The second-order valence-corrected chi connectivity index (χ2v) is 10.4. The largest absolute Gasteiger partial charge is 0.465 e. The van der Waals surface area contributed by atoms with Crippen LogP contribution in [0.3, 0.4) is 0 Å². The van der Waals surface area contributed by atoms with Crippen LogP contribution in [0.25, 0.3) is 0 Å². The van der Waals surface area contributed by atoms with Gasteiger partial charge < -0.3 is 4.74 Å². The lowest BCUT2D eigenvalue weighted by molar-refractivity contribution is -0.147. The predicted octanol–water partition coefficient (Wildman–Crippen LogP) is 10.4. The molecular weight excluding hydrogens is 416 g/mol. The minimum Gasteiger partial charge on any atom is -0.465 e. The fourth-order valence-corrected chi connectivity index (χ4v) is 4.97. The van der Waals surface area contributed by atoms with Crippen LogP contribution in [-0.4, -0.2) is 12.6 Å². The van der Waals surface area contributed by atoms with Crippen molar-refractivity contribution in [1.29, 1.82) is 0 Å². The van der Waals surface area contributed by atoms with E-state index in [9.17, 15) is 4.79 Å². The zero-order valence-electron chi connectivity index (χ0n) is 23.0. The zero-order chi connectivity index (χ0) is 24.7. The van der Waals surface area contributed by atoms with Gasteiger partial charge in [0.2, 0.25) is 0 Å². The number of carbonyl (C=O) groups is 1. The fourth-order valence-electron chi connectivity index (χ4n) is 4.97. The Bertz CT molecular complexity index is 548. The van der Waals surface area contributed by atoms with E-state index in [1.54, 1.807) is 0 Å². The minimum atomic E-state index is -0.131. The van der Waals surface area contributed by atoms with Gasteiger partial charge in [-0.2, -0.15) is 0 Å². The molecule has 0 fully saturated rings. The van der Waals surface area contributed by atoms with Crippen molar-refractivity contribution in [2.45, 2.75) is 149 Å². The summed E-state index contributed by atoms with van der Waals surface area (Å²) in [5.74, 6) is 0.357. The average molecular weight is 473 g/mol. The van der Waals surface area contributed by atoms with E-state index in [1.165, 1.54) is 116 Å². The smallest absolute Gasteiger partial charge is 0.313 e. The molecule has 34 heavy (non-hydrogen) atoms. The molecule has 0 radical (unpaired) electrons. The Kier molecular flexibility index (Phi) is 20.0. The minimum absolute atomic E-state index is 0.0365. The maximum absolute atomic E-state index is 12.9. The molecule has 1 atom stereocenters. The third-order valence-electron chi connectivity index (χ3n) is 7.29. The monoisotopic (exact) mass is 472 g/mol. The molecular formula is C32H56O2. The van der Waals surface area contributed by atoms with Gasteiger partial charge in [-0.25, -0.2) is 0 Å². The van der Waals surface area contributed by atoms with Crippen LogP contribution in [-0.2, 0) is 9.53 Å². The van der Waals surface area contributed by atoms with Gasteiger partial charge in [-0.15, -0.1) is 0 Å². The number of hydrogen-bond acceptors (Lipinski definition) is 2. The molecule has 0 aromatic heterocycles. The molecule has 0 bridgehead atoms. The van der Waals surface area contributed by atoms with Crippen LogP contribution in [0.5, 0.6) is 0 Å². The maximum atomic E-state index is 12.9. The molecule has 1 aromatic carbocycles. The van der Waals surface area contributed by atoms with Crippen molar-refractivity contribution in [2.75, 3.05) is 6.61 Å². The van der Waals surface area contributed by atoms with Gasteiger partial charge >= 0.3 is 5.97 Å². The summed E-state index contributed by atoms with van der Waals surface area (Å²) < 4.78 is 5.92. The summed E-state index contributed by atoms with van der Waals surface area (Å²) in [6.45, 7) is 7.25. The van der Waals surface area contributed by atoms with E-state index in [1.807, 2.05) is 30.3 Å². The molecule has 0 aliphatic carbocycles. The van der Waals surface area contributed by atoms with Gasteiger partial charge in [-0.1, -0.05) is 154 Å². The standard InChI is InChI=1S/C32H56O2/c1-4-7-9-11-13-15-17-20-24-29(25-21-18-16-14-12-10-8-5-2)28-34-32(33)31(6-3)30-26-22-19-23-27-30/h19,22-23,26-27,29,31H,4-18,20-21,24-25,28H2,1-3H3. The van der Waals surface area contributed by atoms with E-state index in [2.05, 4.69) is 20.8 Å². The first kappa shape index (κ1) is 30.7. The molecule has 0 saturated heterocycles. The van der Waals surface area contributed by atoms with Gasteiger partial charge in [0.25, 0.3) is 0 Å². The average Bonchev–Trinajstić information content (AvgIpc) is 2.86. The molecule has 1 aromatic rings. The highest BCUT2D eigenvalue weighted by Gasteiger charge is 2.21. The van der Waals surface area contributed by atoms with Crippen LogP contribution in [0.2, 0.25) is 0 Å². The van der Waals surface area contributed by atoms with Gasteiger partial charge in [0.1, 0.15) is 0 Å². The number of carbonyl (C=O) groups excluding carboxylic acids is 1. The first-order chi connectivity index (χ1) is 16.7. The van der Waals surface area contributed by atoms with Crippen LogP contribution < -0.4 is 0 Å². The van der Waals surface area contributed by atoms with Gasteiger partial charge in [0, 0.05) is 0 Å². The third-order valence-corrected chi connectivity index (χ3v) is 7.29. The molecule has 1 unspecified atom stereocenters. The summed E-state index contributed by atoms with van der Waals surface area (Å²) in [6.07, 6.45) is 24.9. The Morgan fingerprint density at radius 3 is 1.53 bits per heavy atom. The first-order valence-electron chi connectivity index (χ1n) is 14.9. The summed E-state index contributed by atoms with van der Waals surface area (Å²) in [4.78, 5) is 12.9. The molecule has 0 aliphatic heterocycles. The van der Waals surface area contributed by atoms with E-state index in [0.717, 1.165) is 12.0 Å². The SMILES string of the molecule is CCCCCCCCCCC(CCCCCCCCCC)COC(=O)C(CC)c1ccccc1. The van der Waals surface area contributed by atoms with Gasteiger partial charge in [0.05, 0.1) is 12.5 Å². The Morgan fingerprint density at radius 1 is 0.647 bits per heavy atom. The normalized spacial score (nSPS) is 12.2. The van der Waals surface area contributed by atoms with Crippen molar-refractivity contribution in [2.24, 2.45) is 5.92 Å². The number of benzene rings is 1. The number of hydrogen-bond donors (Lipinski definition) is 0. The lowest BCUT2D eigenvalue weighted by Gasteiger charge is -2.20. The summed E-state index contributed by atoms with van der Waals surface area (Å²) in [5.41, 5.74) is 1.08. The predicted molar refractivity (Wildman–Crippen MR) is 148 cm³/mol. The van der Waals surface area contributed by atoms with E-state index >= 15 is 0 Å². The third kappa shape index (κ3) is 15.6. The highest BCUT2D eigenvalue weighted by Crippen LogP contribution is 2.24. The van der Waals surface area contributed by atoms with E-state index in [0.29, 0.717) is 12.5 Å². The first-order valence-corrected chi connectivity index (χ1v) is 14.9. The molecule has 0 aliphatic rings. The molecule has 0 N–H and O–H groups in total. The molecule has 2 heteroatoms. The Hall–Kier alpha value is -1.31. The van der Waals surface area contributed by atoms with Crippen LogP contribution in [0.1, 0.15) is 154 Å². The van der Waals surface area contributed by atoms with Crippen molar-refractivity contribution in [1.82, 2.24) is 0 Å². The summed E-state index contributed by atoms with van der Waals surface area (Å²) in [5, 5.41) is 0. The number of esters is 1. The van der Waals surface area contributed by atoms with Crippen LogP contribution in [0.15, 0.2) is 30.3 Å². The van der Waals surface area contributed by atoms with E-state index < -0.39 is 0 Å². The van der Waals surface area contributed by atoms with E-state index in [4.69, 9.17) is 4.74 Å². The molecule has 0 spiro atoms. The highest BCUT2D eigenvalue weighted by atomic mass is 16.5. The number of unbranched alkanes of at least 4 members (excludes halogenated alkanes) is 14. The van der Waals surface area contributed by atoms with Crippen LogP contribution in [0.4, 0.5) is 0 Å². The number of ether oxygens (including phenoxy) is 1. The van der Waals surface area contributed by atoms with Gasteiger partial charge in [-0.3, -0.25) is 4.79 Å². The lowest BCUT2D eigenvalue weighted by Crippen LogP contribution is -2.20. The van der Waals surface area contributed by atoms with Crippen molar-refractivity contribution >= 4 is 5.97 Å². The molecule has 1 rings (SSSR count). The fraction of sp³-hybridized carbons (Fsp3) is 0.781. The molecule has 0 heterocycles. The second-order valence-electron chi connectivity index (χ2n) is 10.4. The van der Waals surface area contributed by atoms with Crippen LogP contribution in [0, 0.1) is 5.92 Å². The Balaban J connectivity index is 2.38. The summed E-state index contributed by atoms with van der Waals surface area (Å²) in [6, 6.07) is 10.1. The van der Waals surface area contributed by atoms with Crippen molar-refractivity contribution in [3.8, 4) is 0 Å². The van der Waals surface area contributed by atoms with Gasteiger partial charge in [0.15, 0.2) is 0 Å². The molecule has 0 saturated carbocycles. The van der Waals surface area contributed by atoms with Gasteiger partial charge in [-0.05, 0) is 30.7 Å². The number of rotatable bonds is 23.